The molecule has 2 aromatic rings. The van der Waals surface area contributed by atoms with E-state index in [2.05, 4.69) is 5.32 Å². The van der Waals surface area contributed by atoms with Crippen LogP contribution in [0.4, 0.5) is 5.69 Å². The predicted molar refractivity (Wildman–Crippen MR) is 93.2 cm³/mol. The highest BCUT2D eigenvalue weighted by Crippen LogP contribution is 2.26. The lowest BCUT2D eigenvalue weighted by molar-refractivity contribution is -0.115. The van der Waals surface area contributed by atoms with E-state index in [1.54, 1.807) is 18.2 Å². The molecule has 3 N–H and O–H groups in total. The number of primary sulfonamides is 1. The van der Waals surface area contributed by atoms with Crippen molar-refractivity contribution in [2.24, 2.45) is 5.14 Å². The number of anilines is 1. The number of rotatable bonds is 5. The van der Waals surface area contributed by atoms with Crippen molar-refractivity contribution < 1.29 is 17.9 Å². The van der Waals surface area contributed by atoms with E-state index < -0.39 is 10.0 Å². The zero-order valence-corrected chi connectivity index (χ0v) is 14.9. The smallest absolute Gasteiger partial charge is 0.241 e. The summed E-state index contributed by atoms with van der Waals surface area (Å²) in [5.74, 6) is -0.251. The van der Waals surface area contributed by atoms with E-state index in [1.807, 2.05) is 0 Å². The fourth-order valence-electron chi connectivity index (χ4n) is 2.02. The van der Waals surface area contributed by atoms with Crippen molar-refractivity contribution in [3.8, 4) is 5.75 Å². The summed E-state index contributed by atoms with van der Waals surface area (Å²) in [6, 6.07) is 9.03. The Labute approximate surface area is 149 Å². The summed E-state index contributed by atoms with van der Waals surface area (Å²) in [6.45, 7) is 0. The van der Waals surface area contributed by atoms with Crippen LogP contribution in [0.2, 0.25) is 10.0 Å². The molecule has 0 unspecified atom stereocenters. The highest BCUT2D eigenvalue weighted by atomic mass is 35.5. The number of nitrogens with two attached hydrogens (primary N) is 1. The van der Waals surface area contributed by atoms with E-state index in [-0.39, 0.29) is 28.7 Å². The largest absolute Gasteiger partial charge is 0.495 e. The Morgan fingerprint density at radius 2 is 1.88 bits per heavy atom. The first-order valence-corrected chi connectivity index (χ1v) is 8.95. The summed E-state index contributed by atoms with van der Waals surface area (Å²) < 4.78 is 28.1. The van der Waals surface area contributed by atoms with Crippen molar-refractivity contribution in [3.63, 3.8) is 0 Å². The molecule has 24 heavy (non-hydrogen) atoms. The third-order valence-electron chi connectivity index (χ3n) is 3.10. The molecule has 0 heterocycles. The average molecular weight is 389 g/mol. The Kier molecular flexibility index (Phi) is 5.71. The highest BCUT2D eigenvalue weighted by Gasteiger charge is 2.16. The second-order valence-electron chi connectivity index (χ2n) is 4.88. The first kappa shape index (κ1) is 18.5. The Balaban J connectivity index is 2.18. The number of nitrogens with one attached hydrogen (secondary N) is 1. The number of hydrogen-bond acceptors (Lipinski definition) is 4. The summed E-state index contributed by atoms with van der Waals surface area (Å²) in [5.41, 5.74) is 0.951. The van der Waals surface area contributed by atoms with Gasteiger partial charge in [-0.15, -0.1) is 0 Å². The fraction of sp³-hybridized carbons (Fsp3) is 0.133. The van der Waals surface area contributed by atoms with Gasteiger partial charge in [0.2, 0.25) is 15.9 Å². The van der Waals surface area contributed by atoms with Crippen LogP contribution in [0.3, 0.4) is 0 Å². The maximum atomic E-state index is 12.1. The van der Waals surface area contributed by atoms with Gasteiger partial charge in [0.25, 0.3) is 0 Å². The molecule has 0 bridgehead atoms. The van der Waals surface area contributed by atoms with E-state index in [4.69, 9.17) is 33.1 Å². The fourth-order valence-corrected chi connectivity index (χ4v) is 3.06. The molecule has 1 amide bonds. The van der Waals surface area contributed by atoms with E-state index >= 15 is 0 Å². The number of benzene rings is 2. The monoisotopic (exact) mass is 388 g/mol. The number of amides is 1. The van der Waals surface area contributed by atoms with Crippen LogP contribution < -0.4 is 15.2 Å². The molecular weight excluding hydrogens is 375 g/mol. The zero-order valence-electron chi connectivity index (χ0n) is 12.5. The maximum absolute atomic E-state index is 12.1. The Morgan fingerprint density at radius 1 is 1.17 bits per heavy atom. The van der Waals surface area contributed by atoms with E-state index in [0.717, 1.165) is 0 Å². The van der Waals surface area contributed by atoms with Gasteiger partial charge in [-0.2, -0.15) is 0 Å². The number of sulfonamides is 1. The number of methoxy groups -OCH3 is 1. The summed E-state index contributed by atoms with van der Waals surface area (Å²) in [7, 11) is -2.66. The van der Waals surface area contributed by atoms with Gasteiger partial charge in [-0.3, -0.25) is 4.79 Å². The van der Waals surface area contributed by atoms with Gasteiger partial charge in [0.1, 0.15) is 10.6 Å². The Hall–Kier alpha value is -1.80. The van der Waals surface area contributed by atoms with E-state index in [9.17, 15) is 13.2 Å². The molecule has 9 heteroatoms. The highest BCUT2D eigenvalue weighted by molar-refractivity contribution is 7.89. The minimum Gasteiger partial charge on any atom is -0.495 e. The molecule has 0 radical (unpaired) electrons. The maximum Gasteiger partial charge on any atom is 0.241 e. The minimum absolute atomic E-state index is 0.0492. The molecule has 0 aliphatic carbocycles. The van der Waals surface area contributed by atoms with Crippen LogP contribution in [0.25, 0.3) is 0 Å². The Bertz CT molecular complexity index is 885. The molecular formula is C15H14Cl2N2O4S. The van der Waals surface area contributed by atoms with Gasteiger partial charge >= 0.3 is 0 Å². The number of ether oxygens (including phenoxy) is 1. The van der Waals surface area contributed by atoms with Crippen LogP contribution in [-0.2, 0) is 21.2 Å². The molecule has 0 saturated heterocycles. The van der Waals surface area contributed by atoms with Crippen LogP contribution in [0, 0.1) is 0 Å². The minimum atomic E-state index is -3.98. The second-order valence-corrected chi connectivity index (χ2v) is 7.23. The third kappa shape index (κ3) is 4.61. The lowest BCUT2D eigenvalue weighted by Gasteiger charge is -2.10. The summed E-state index contributed by atoms with van der Waals surface area (Å²) >= 11 is 11.7. The average Bonchev–Trinajstić information content (AvgIpc) is 2.50. The van der Waals surface area contributed by atoms with Gasteiger partial charge in [-0.05, 0) is 35.9 Å². The topological polar surface area (TPSA) is 98.5 Å². The van der Waals surface area contributed by atoms with Crippen molar-refractivity contribution >= 4 is 44.8 Å². The molecule has 0 aliphatic heterocycles. The Morgan fingerprint density at radius 3 is 2.46 bits per heavy atom. The van der Waals surface area contributed by atoms with Crippen molar-refractivity contribution in [2.45, 2.75) is 11.3 Å². The first-order valence-electron chi connectivity index (χ1n) is 6.65. The predicted octanol–water partition coefficient (Wildman–Crippen LogP) is 2.83. The summed E-state index contributed by atoms with van der Waals surface area (Å²) in [5, 5.41) is 8.48. The molecule has 0 spiro atoms. The van der Waals surface area contributed by atoms with Crippen LogP contribution in [-0.4, -0.2) is 21.4 Å². The molecule has 0 atom stereocenters. The zero-order chi connectivity index (χ0) is 17.9. The number of halogens is 2. The summed E-state index contributed by atoms with van der Waals surface area (Å²) in [4.78, 5) is 11.9. The number of carbonyl (C=O) groups is 1. The molecule has 128 valence electrons. The van der Waals surface area contributed by atoms with Crippen LogP contribution in [0.5, 0.6) is 5.75 Å². The summed E-state index contributed by atoms with van der Waals surface area (Å²) in [6.07, 6.45) is 0.0492. The van der Waals surface area contributed by atoms with Gasteiger partial charge in [0.15, 0.2) is 0 Å². The molecule has 6 nitrogen and oxygen atoms in total. The first-order chi connectivity index (χ1) is 11.2. The molecule has 0 saturated carbocycles. The van der Waals surface area contributed by atoms with Crippen LogP contribution >= 0.6 is 23.2 Å². The molecule has 2 aromatic carbocycles. The quantitative estimate of drug-likeness (QED) is 0.822. The van der Waals surface area contributed by atoms with Crippen molar-refractivity contribution in [1.82, 2.24) is 0 Å². The normalized spacial score (nSPS) is 11.2. The third-order valence-corrected chi connectivity index (χ3v) is 4.77. The van der Waals surface area contributed by atoms with Gasteiger partial charge in [0.05, 0.1) is 23.6 Å². The SMILES string of the molecule is COc1ccc(NC(=O)Cc2ccc(Cl)c(Cl)c2)cc1S(N)(=O)=O. The number of hydrogen-bond donors (Lipinski definition) is 2. The van der Waals surface area contributed by atoms with Crippen LogP contribution in [0.1, 0.15) is 5.56 Å². The molecule has 2 rings (SSSR count). The van der Waals surface area contributed by atoms with E-state index in [0.29, 0.717) is 15.6 Å². The van der Waals surface area contributed by atoms with Crippen LogP contribution in [0.15, 0.2) is 41.3 Å². The second kappa shape index (κ2) is 7.40. The van der Waals surface area contributed by atoms with Crippen molar-refractivity contribution in [2.75, 3.05) is 12.4 Å². The van der Waals surface area contributed by atoms with Gasteiger partial charge in [0, 0.05) is 5.69 Å². The van der Waals surface area contributed by atoms with Gasteiger partial charge in [-0.1, -0.05) is 29.3 Å². The van der Waals surface area contributed by atoms with E-state index in [1.165, 1.54) is 25.3 Å². The van der Waals surface area contributed by atoms with Gasteiger partial charge < -0.3 is 10.1 Å². The van der Waals surface area contributed by atoms with Crippen molar-refractivity contribution in [1.29, 1.82) is 0 Å². The standard InChI is InChI=1S/C15H14Cl2N2O4S/c1-23-13-5-3-10(8-14(13)24(18,21)22)19-15(20)7-9-2-4-11(16)12(17)6-9/h2-6,8H,7H2,1H3,(H,19,20)(H2,18,21,22). The molecule has 0 aliphatic rings. The van der Waals surface area contributed by atoms with Gasteiger partial charge in [-0.25, -0.2) is 13.6 Å². The molecule has 0 fully saturated rings. The van der Waals surface area contributed by atoms with Crippen molar-refractivity contribution in [3.05, 3.63) is 52.0 Å². The lowest BCUT2D eigenvalue weighted by atomic mass is 10.1. The number of carbonyl (C=O) groups excluding carboxylic acids is 1. The molecule has 0 aromatic heterocycles. The lowest BCUT2D eigenvalue weighted by Crippen LogP contribution is -2.17.